The molecule has 11 heteroatoms. The summed E-state index contributed by atoms with van der Waals surface area (Å²) in [5, 5.41) is 20.2. The molecule has 3 aromatic rings. The van der Waals surface area contributed by atoms with Crippen LogP contribution in [0.4, 0.5) is 17.6 Å². The minimum Gasteiger partial charge on any atom is -0.494 e. The first kappa shape index (κ1) is 25.6. The fourth-order valence-electron chi connectivity index (χ4n) is 3.66. The number of hydrogen-bond acceptors (Lipinski definition) is 9. The van der Waals surface area contributed by atoms with Crippen molar-refractivity contribution in [3.05, 3.63) is 59.7 Å². The highest BCUT2D eigenvalue weighted by molar-refractivity contribution is 9.09. The van der Waals surface area contributed by atoms with Gasteiger partial charge in [-0.1, -0.05) is 28.1 Å². The molecule has 36 heavy (non-hydrogen) atoms. The lowest BCUT2D eigenvalue weighted by atomic mass is 10.1. The van der Waals surface area contributed by atoms with Crippen molar-refractivity contribution in [1.82, 2.24) is 20.3 Å². The molecule has 6 N–H and O–H groups in total. The molecule has 190 valence electrons. The maximum absolute atomic E-state index is 12.2. The van der Waals surface area contributed by atoms with E-state index in [1.165, 1.54) is 0 Å². The number of nitrogens with zero attached hydrogens (tertiary/aromatic N) is 3. The Kier molecular flexibility index (Phi) is 8.55. The van der Waals surface area contributed by atoms with Gasteiger partial charge >= 0.3 is 6.01 Å². The molecule has 0 bridgehead atoms. The Bertz CT molecular complexity index is 1160. The van der Waals surface area contributed by atoms with E-state index in [0.29, 0.717) is 30.9 Å². The molecule has 0 saturated heterocycles. The van der Waals surface area contributed by atoms with Gasteiger partial charge in [0.25, 0.3) is 5.91 Å². The zero-order valence-corrected chi connectivity index (χ0v) is 21.4. The molecule has 1 heterocycles. The van der Waals surface area contributed by atoms with Crippen LogP contribution >= 0.6 is 15.9 Å². The number of amides is 1. The number of halogens is 1. The van der Waals surface area contributed by atoms with Gasteiger partial charge in [-0.15, -0.1) is 0 Å². The van der Waals surface area contributed by atoms with Gasteiger partial charge < -0.3 is 31.5 Å². The third kappa shape index (κ3) is 6.82. The summed E-state index contributed by atoms with van der Waals surface area (Å²) >= 11 is 3.40. The van der Waals surface area contributed by atoms with Crippen molar-refractivity contribution in [2.24, 2.45) is 5.73 Å². The molecule has 0 radical (unpaired) electrons. The molecule has 4 rings (SSSR count). The van der Waals surface area contributed by atoms with Crippen LogP contribution in [0.5, 0.6) is 11.8 Å². The van der Waals surface area contributed by atoms with E-state index in [4.69, 9.17) is 10.5 Å². The van der Waals surface area contributed by atoms with Crippen LogP contribution in [0.25, 0.3) is 0 Å². The van der Waals surface area contributed by atoms with E-state index < -0.39 is 6.01 Å². The minimum atomic E-state index is -0.391. The molecule has 1 aliphatic rings. The first-order chi connectivity index (χ1) is 17.5. The minimum absolute atomic E-state index is 0.160. The first-order valence-corrected chi connectivity index (χ1v) is 13.0. The summed E-state index contributed by atoms with van der Waals surface area (Å²) in [6.07, 6.45) is 3.51. The smallest absolute Gasteiger partial charge is 0.320 e. The quantitative estimate of drug-likeness (QED) is 0.157. The first-order valence-electron chi connectivity index (χ1n) is 11.9. The van der Waals surface area contributed by atoms with Crippen molar-refractivity contribution in [1.29, 1.82) is 0 Å². The normalized spacial score (nSPS) is 13.6. The number of aromatic hydroxyl groups is 1. The number of carbonyl (C=O) groups is 1. The Morgan fingerprint density at radius 3 is 2.42 bits per heavy atom. The molecule has 0 spiro atoms. The van der Waals surface area contributed by atoms with Crippen LogP contribution in [0.2, 0.25) is 0 Å². The summed E-state index contributed by atoms with van der Waals surface area (Å²) in [4.78, 5) is 24.6. The molecular formula is C25H30BrN7O3. The van der Waals surface area contributed by atoms with Crippen molar-refractivity contribution in [3.63, 3.8) is 0 Å². The number of nitrogens with two attached hydrogens (primary N) is 1. The zero-order chi connectivity index (χ0) is 25.4. The standard InChI is InChI=1S/C25H30BrN7O3/c26-13-1-16-36-20-9-5-18(6-10-20)25(11-12-25)33-23-30-22(31-24(35)32-23)29-19-7-3-17(4-8-19)21(34)28-15-2-14-27/h3-10H,1-2,11-16,27H2,(H,28,34)(H3,29,30,31,32,33,35). The van der Waals surface area contributed by atoms with Crippen molar-refractivity contribution in [3.8, 4) is 11.8 Å². The topological polar surface area (TPSA) is 147 Å². The molecule has 0 unspecified atom stereocenters. The highest BCUT2D eigenvalue weighted by atomic mass is 79.9. The van der Waals surface area contributed by atoms with Gasteiger partial charge in [0.1, 0.15) is 5.75 Å². The molecular weight excluding hydrogens is 526 g/mol. The number of nitrogens with one attached hydrogen (secondary N) is 3. The molecule has 2 aromatic carbocycles. The van der Waals surface area contributed by atoms with E-state index in [1.807, 2.05) is 24.3 Å². The third-order valence-electron chi connectivity index (χ3n) is 5.75. The van der Waals surface area contributed by atoms with Crippen LogP contribution in [0, 0.1) is 0 Å². The van der Waals surface area contributed by atoms with Crippen LogP contribution in [0.1, 0.15) is 41.6 Å². The number of hydrogen-bond donors (Lipinski definition) is 5. The molecule has 1 amide bonds. The Morgan fingerprint density at radius 2 is 1.75 bits per heavy atom. The number of alkyl halides is 1. The molecule has 1 aliphatic carbocycles. The predicted octanol–water partition coefficient (Wildman–Crippen LogP) is 3.66. The Hall–Kier alpha value is -3.44. The van der Waals surface area contributed by atoms with Gasteiger partial charge in [0.05, 0.1) is 12.1 Å². The van der Waals surface area contributed by atoms with Crippen LogP contribution in [-0.4, -0.2) is 51.0 Å². The summed E-state index contributed by atoms with van der Waals surface area (Å²) in [6, 6.07) is 14.5. The summed E-state index contributed by atoms with van der Waals surface area (Å²) in [6.45, 7) is 1.73. The second kappa shape index (κ2) is 12.0. The van der Waals surface area contributed by atoms with E-state index in [2.05, 4.69) is 46.8 Å². The molecule has 1 fully saturated rings. The lowest BCUT2D eigenvalue weighted by Crippen LogP contribution is -2.25. The largest absolute Gasteiger partial charge is 0.494 e. The van der Waals surface area contributed by atoms with E-state index >= 15 is 0 Å². The fourth-order valence-corrected chi connectivity index (χ4v) is 3.89. The van der Waals surface area contributed by atoms with Crippen LogP contribution < -0.4 is 26.4 Å². The monoisotopic (exact) mass is 555 g/mol. The highest BCUT2D eigenvalue weighted by Gasteiger charge is 2.45. The molecule has 0 aliphatic heterocycles. The Labute approximate surface area is 218 Å². The summed E-state index contributed by atoms with van der Waals surface area (Å²) in [5.41, 5.74) is 7.47. The van der Waals surface area contributed by atoms with E-state index in [1.54, 1.807) is 24.3 Å². The predicted molar refractivity (Wildman–Crippen MR) is 142 cm³/mol. The number of ether oxygens (including phenoxy) is 1. The van der Waals surface area contributed by atoms with Gasteiger partial charge in [0, 0.05) is 23.1 Å². The van der Waals surface area contributed by atoms with Gasteiger partial charge in [-0.2, -0.15) is 15.0 Å². The summed E-state index contributed by atoms with van der Waals surface area (Å²) in [5.74, 6) is 1.14. The molecule has 1 aromatic heterocycles. The van der Waals surface area contributed by atoms with Crippen molar-refractivity contribution < 1.29 is 14.6 Å². The van der Waals surface area contributed by atoms with Crippen LogP contribution in [0.15, 0.2) is 48.5 Å². The lowest BCUT2D eigenvalue weighted by molar-refractivity contribution is 0.0953. The SMILES string of the molecule is NCCCNC(=O)c1ccc(Nc2nc(O)nc(NC3(c4ccc(OCCCBr)cc4)CC3)n2)cc1. The van der Waals surface area contributed by atoms with E-state index in [0.717, 1.165) is 42.3 Å². The molecule has 0 atom stereocenters. The average molecular weight is 556 g/mol. The Morgan fingerprint density at radius 1 is 1.03 bits per heavy atom. The number of aromatic nitrogens is 3. The number of carbonyl (C=O) groups excluding carboxylic acids is 1. The van der Waals surface area contributed by atoms with Gasteiger partial charge in [0.15, 0.2) is 0 Å². The second-order valence-electron chi connectivity index (χ2n) is 8.51. The summed E-state index contributed by atoms with van der Waals surface area (Å²) in [7, 11) is 0. The highest BCUT2D eigenvalue weighted by Crippen LogP contribution is 2.48. The second-order valence-corrected chi connectivity index (χ2v) is 9.30. The lowest BCUT2D eigenvalue weighted by Gasteiger charge is -2.19. The van der Waals surface area contributed by atoms with Gasteiger partial charge in [-0.05, 0) is 74.2 Å². The average Bonchev–Trinajstić information content (AvgIpc) is 3.65. The van der Waals surface area contributed by atoms with Crippen molar-refractivity contribution >= 4 is 39.4 Å². The van der Waals surface area contributed by atoms with Gasteiger partial charge in [-0.25, -0.2) is 0 Å². The molecule has 1 saturated carbocycles. The zero-order valence-electron chi connectivity index (χ0n) is 19.8. The molecule has 10 nitrogen and oxygen atoms in total. The van der Waals surface area contributed by atoms with Crippen LogP contribution in [-0.2, 0) is 5.54 Å². The van der Waals surface area contributed by atoms with Crippen LogP contribution in [0.3, 0.4) is 0 Å². The van der Waals surface area contributed by atoms with Gasteiger partial charge in [-0.3, -0.25) is 4.79 Å². The third-order valence-corrected chi connectivity index (χ3v) is 6.31. The summed E-state index contributed by atoms with van der Waals surface area (Å²) < 4.78 is 5.73. The van der Waals surface area contributed by atoms with E-state index in [-0.39, 0.29) is 23.3 Å². The van der Waals surface area contributed by atoms with E-state index in [9.17, 15) is 9.90 Å². The van der Waals surface area contributed by atoms with Crippen molar-refractivity contribution in [2.75, 3.05) is 35.7 Å². The number of anilines is 3. The number of benzene rings is 2. The fraction of sp³-hybridized carbons (Fsp3) is 0.360. The Balaban J connectivity index is 1.40. The van der Waals surface area contributed by atoms with Gasteiger partial charge in [0.2, 0.25) is 11.9 Å². The maximum Gasteiger partial charge on any atom is 0.320 e. The maximum atomic E-state index is 12.2. The van der Waals surface area contributed by atoms with Crippen molar-refractivity contribution in [2.45, 2.75) is 31.2 Å². The number of rotatable bonds is 13.